The minimum atomic E-state index is -0.581. The molecule has 0 aromatic rings. The minimum Gasteiger partial charge on any atom is -0.336 e. The van der Waals surface area contributed by atoms with Crippen LogP contribution in [0.15, 0.2) is 0 Å². The lowest BCUT2D eigenvalue weighted by atomic mass is 9.62. The summed E-state index contributed by atoms with van der Waals surface area (Å²) in [6, 6.07) is -3.65. The fourth-order valence-electron chi connectivity index (χ4n) is 10.5. The first-order chi connectivity index (χ1) is 25.8. The highest BCUT2D eigenvalue weighted by atomic mass is 16.2. The average Bonchev–Trinajstić information content (AvgIpc) is 3.04. The van der Waals surface area contributed by atoms with Gasteiger partial charge in [0.1, 0.15) is 0 Å². The lowest BCUT2D eigenvalue weighted by Crippen LogP contribution is -2.58. The quantitative estimate of drug-likeness (QED) is 0.0930. The van der Waals surface area contributed by atoms with Gasteiger partial charge in [-0.15, -0.1) is 0 Å². The molecule has 56 heavy (non-hydrogen) atoms. The topological polar surface area (TPSA) is 299 Å². The number of nitrogens with two attached hydrogens (primary N) is 2. The molecule has 0 bridgehead atoms. The molecular formula is C36H70N14O6. The fraction of sp³-hybridized carbons (Fsp3) is 0.833. The number of rotatable bonds is 9. The number of hydrazine groups is 4. The Labute approximate surface area is 331 Å². The van der Waals surface area contributed by atoms with Crippen LogP contribution < -0.4 is 76.1 Å². The van der Waals surface area contributed by atoms with Gasteiger partial charge in [-0.1, -0.05) is 62.3 Å². The Kier molecular flexibility index (Phi) is 14.9. The Bertz CT molecular complexity index is 1440. The number of hydrogen-bond donors (Lipinski definition) is 14. The van der Waals surface area contributed by atoms with Gasteiger partial charge >= 0.3 is 36.2 Å². The molecule has 12 amide bonds. The first-order valence-electron chi connectivity index (χ1n) is 19.5. The van der Waals surface area contributed by atoms with E-state index >= 15 is 0 Å². The van der Waals surface area contributed by atoms with Gasteiger partial charge in [-0.05, 0) is 90.3 Å². The summed E-state index contributed by atoms with van der Waals surface area (Å²) in [4.78, 5) is 74.6. The van der Waals surface area contributed by atoms with E-state index in [9.17, 15) is 28.8 Å². The lowest BCUT2D eigenvalue weighted by Gasteiger charge is -2.47. The predicted molar refractivity (Wildman–Crippen MR) is 212 cm³/mol. The molecule has 3 saturated carbocycles. The first kappa shape index (κ1) is 45.9. The van der Waals surface area contributed by atoms with Crippen LogP contribution in [0.1, 0.15) is 120 Å². The number of hydrogen-bond acceptors (Lipinski definition) is 8. The van der Waals surface area contributed by atoms with E-state index in [0.29, 0.717) is 38.8 Å². The molecule has 6 atom stereocenters. The number of carbonyl (C=O) groups is 6. The molecule has 16 N–H and O–H groups in total. The molecule has 20 heteroatoms. The summed E-state index contributed by atoms with van der Waals surface area (Å²) >= 11 is 0. The fourth-order valence-corrected chi connectivity index (χ4v) is 10.5. The number of amides is 12. The Hall–Kier alpha value is -4.46. The third kappa shape index (κ3) is 15.2. The van der Waals surface area contributed by atoms with Crippen molar-refractivity contribution >= 4 is 36.2 Å². The minimum absolute atomic E-state index is 0.0750. The Morgan fingerprint density at radius 1 is 0.411 bits per heavy atom. The molecule has 0 aromatic heterocycles. The van der Waals surface area contributed by atoms with Crippen LogP contribution in [0.4, 0.5) is 28.8 Å². The van der Waals surface area contributed by atoms with Crippen LogP contribution in [0.5, 0.6) is 0 Å². The SMILES string of the molecule is CC1(C)CC(NC(=O)NN)CC(C)(CNC(=O)NNC(=O)NCC2(C)CC(NC(=O)NNC(=O)NCC3(C)CC(NC(=O)NN)CC(C)(C)C3)CC(C)(C)C2)C1. The highest BCUT2D eigenvalue weighted by molar-refractivity contribution is 5.81. The Morgan fingerprint density at radius 2 is 0.661 bits per heavy atom. The standard InChI is InChI=1S/C36H70N14O6/c1-31(2)10-22(42-28(54)45-37)13-34(7,16-31)19-39-25(51)47-48-26(52)40-21-36(9)15-24(12-33(5,6)18-36)44-30(56)50-49-27(53)41-20-35(8)14-23(43-29(55)46-38)11-32(3,4)17-35/h22-24H,10-21,37-38H2,1-9H3,(H2,39,47,51)(H2,40,48,52)(H2,41,49,53)(H2,42,45,54)(H2,43,46,55)(H2,44,50,56). The summed E-state index contributed by atoms with van der Waals surface area (Å²) in [5.41, 5.74) is 12.5. The van der Waals surface area contributed by atoms with E-state index in [1.54, 1.807) is 0 Å². The van der Waals surface area contributed by atoms with Crippen molar-refractivity contribution in [3.05, 3.63) is 0 Å². The largest absolute Gasteiger partial charge is 0.336 e. The second-order valence-corrected chi connectivity index (χ2v) is 20.0. The average molecular weight is 795 g/mol. The van der Waals surface area contributed by atoms with Crippen molar-refractivity contribution in [1.29, 1.82) is 0 Å². The van der Waals surface area contributed by atoms with Crippen molar-refractivity contribution in [2.24, 2.45) is 44.2 Å². The molecule has 0 aromatic carbocycles. The van der Waals surface area contributed by atoms with E-state index in [1.807, 2.05) is 6.92 Å². The van der Waals surface area contributed by atoms with Crippen LogP contribution in [0.2, 0.25) is 0 Å². The smallest absolute Gasteiger partial charge is 0.333 e. The van der Waals surface area contributed by atoms with Gasteiger partial charge in [-0.3, -0.25) is 10.9 Å². The molecule has 0 radical (unpaired) electrons. The van der Waals surface area contributed by atoms with Gasteiger partial charge in [-0.25, -0.2) is 62.2 Å². The van der Waals surface area contributed by atoms with Crippen molar-refractivity contribution < 1.29 is 28.8 Å². The molecule has 3 rings (SSSR count). The number of nitrogens with one attached hydrogen (secondary N) is 12. The monoisotopic (exact) mass is 795 g/mol. The second-order valence-electron chi connectivity index (χ2n) is 20.0. The summed E-state index contributed by atoms with van der Waals surface area (Å²) in [5, 5.41) is 17.2. The van der Waals surface area contributed by atoms with Crippen LogP contribution in [0.3, 0.4) is 0 Å². The molecule has 6 unspecified atom stereocenters. The van der Waals surface area contributed by atoms with Crippen molar-refractivity contribution in [3.8, 4) is 0 Å². The molecule has 0 heterocycles. The molecule has 3 aliphatic carbocycles. The zero-order chi connectivity index (χ0) is 42.2. The van der Waals surface area contributed by atoms with Crippen LogP contribution in [0.25, 0.3) is 0 Å². The lowest BCUT2D eigenvalue weighted by molar-refractivity contribution is 0.0735. The van der Waals surface area contributed by atoms with Crippen molar-refractivity contribution in [1.82, 2.24) is 64.5 Å². The number of urea groups is 6. The molecule has 0 saturated heterocycles. The van der Waals surface area contributed by atoms with Gasteiger partial charge in [0.25, 0.3) is 0 Å². The van der Waals surface area contributed by atoms with E-state index in [-0.39, 0.29) is 51.7 Å². The van der Waals surface area contributed by atoms with Crippen molar-refractivity contribution in [3.63, 3.8) is 0 Å². The van der Waals surface area contributed by atoms with Gasteiger partial charge in [0.2, 0.25) is 0 Å². The van der Waals surface area contributed by atoms with Crippen LogP contribution in [-0.2, 0) is 0 Å². The van der Waals surface area contributed by atoms with Gasteiger partial charge in [-0.2, -0.15) is 0 Å². The van der Waals surface area contributed by atoms with Crippen molar-refractivity contribution in [2.45, 2.75) is 138 Å². The summed E-state index contributed by atoms with van der Waals surface area (Å²) in [7, 11) is 0. The van der Waals surface area contributed by atoms with Crippen molar-refractivity contribution in [2.75, 3.05) is 19.6 Å². The molecule has 3 fully saturated rings. The third-order valence-corrected chi connectivity index (χ3v) is 11.2. The van der Waals surface area contributed by atoms with E-state index in [0.717, 1.165) is 32.1 Å². The van der Waals surface area contributed by atoms with Gasteiger partial charge in [0, 0.05) is 37.8 Å². The molecule has 0 spiro atoms. The van der Waals surface area contributed by atoms with E-state index in [2.05, 4.69) is 120 Å². The van der Waals surface area contributed by atoms with E-state index < -0.39 is 41.6 Å². The molecular weight excluding hydrogens is 724 g/mol. The van der Waals surface area contributed by atoms with Gasteiger partial charge in [0.05, 0.1) is 0 Å². The normalized spacial score (nSPS) is 30.2. The van der Waals surface area contributed by atoms with Crippen LogP contribution in [-0.4, -0.2) is 73.9 Å². The second kappa shape index (κ2) is 18.2. The third-order valence-electron chi connectivity index (χ3n) is 11.2. The van der Waals surface area contributed by atoms with Crippen LogP contribution in [0, 0.1) is 32.5 Å². The zero-order valence-electron chi connectivity index (χ0n) is 34.8. The molecule has 20 nitrogen and oxygen atoms in total. The molecule has 3 aliphatic rings. The van der Waals surface area contributed by atoms with E-state index in [1.165, 1.54) is 0 Å². The zero-order valence-corrected chi connectivity index (χ0v) is 34.8. The predicted octanol–water partition coefficient (Wildman–Crippen LogP) is 2.11. The molecule has 0 aliphatic heterocycles. The first-order valence-corrected chi connectivity index (χ1v) is 19.5. The van der Waals surface area contributed by atoms with Gasteiger partial charge < -0.3 is 31.9 Å². The highest BCUT2D eigenvalue weighted by Crippen LogP contribution is 2.47. The summed E-state index contributed by atoms with van der Waals surface area (Å²) in [6.45, 7) is 19.8. The highest BCUT2D eigenvalue weighted by Gasteiger charge is 2.44. The summed E-state index contributed by atoms with van der Waals surface area (Å²) < 4.78 is 0. The van der Waals surface area contributed by atoms with Crippen LogP contribution >= 0.6 is 0 Å². The summed E-state index contributed by atoms with van der Waals surface area (Å²) in [5.74, 6) is 10.5. The maximum absolute atomic E-state index is 12.9. The van der Waals surface area contributed by atoms with Gasteiger partial charge in [0.15, 0.2) is 0 Å². The van der Waals surface area contributed by atoms with E-state index in [4.69, 9.17) is 11.7 Å². The number of carbonyl (C=O) groups excluding carboxylic acids is 6. The Balaban J connectivity index is 1.41. The Morgan fingerprint density at radius 3 is 0.929 bits per heavy atom. The summed E-state index contributed by atoms with van der Waals surface area (Å²) in [6.07, 6.45) is 6.53. The maximum atomic E-state index is 12.9. The molecule has 320 valence electrons. The maximum Gasteiger partial charge on any atom is 0.333 e.